The molecule has 0 atom stereocenters. The van der Waals surface area contributed by atoms with Gasteiger partial charge in [-0.1, -0.05) is 51.1 Å². The molecule has 3 rings (SSSR count). The summed E-state index contributed by atoms with van der Waals surface area (Å²) < 4.78 is 6.14. The van der Waals surface area contributed by atoms with E-state index >= 15 is 0 Å². The lowest BCUT2D eigenvalue weighted by atomic mass is 9.86. The van der Waals surface area contributed by atoms with E-state index in [4.69, 9.17) is 4.74 Å². The van der Waals surface area contributed by atoms with Crippen molar-refractivity contribution in [3.8, 4) is 11.5 Å². The van der Waals surface area contributed by atoms with E-state index in [-0.39, 0.29) is 5.41 Å². The summed E-state index contributed by atoms with van der Waals surface area (Å²) in [4.78, 5) is 0. The van der Waals surface area contributed by atoms with Crippen molar-refractivity contribution in [2.24, 2.45) is 0 Å². The number of benzene rings is 2. The fourth-order valence-corrected chi connectivity index (χ4v) is 2.52. The van der Waals surface area contributed by atoms with E-state index in [0.717, 1.165) is 24.3 Å². The summed E-state index contributed by atoms with van der Waals surface area (Å²) in [5.74, 6) is 2.03. The Kier molecular flexibility index (Phi) is 2.85. The average molecular weight is 252 g/mol. The second kappa shape index (κ2) is 4.41. The van der Waals surface area contributed by atoms with E-state index in [1.54, 1.807) is 0 Å². The molecule has 0 bridgehead atoms. The Morgan fingerprint density at radius 1 is 0.842 bits per heavy atom. The van der Waals surface area contributed by atoms with Crippen LogP contribution in [0.1, 0.15) is 37.5 Å². The highest BCUT2D eigenvalue weighted by atomic mass is 16.5. The van der Waals surface area contributed by atoms with E-state index in [2.05, 4.69) is 57.2 Å². The molecule has 0 spiro atoms. The van der Waals surface area contributed by atoms with Crippen LogP contribution < -0.4 is 4.74 Å². The van der Waals surface area contributed by atoms with Gasteiger partial charge in [0, 0.05) is 0 Å². The molecule has 0 aliphatic carbocycles. The molecule has 0 radical (unpaired) electrons. The molecule has 1 aliphatic heterocycles. The van der Waals surface area contributed by atoms with Gasteiger partial charge in [-0.05, 0) is 47.1 Å². The molecule has 2 aromatic rings. The number of para-hydroxylation sites is 1. The van der Waals surface area contributed by atoms with Crippen molar-refractivity contribution < 1.29 is 4.74 Å². The molecular formula is C18H20O. The number of hydrogen-bond donors (Lipinski definition) is 0. The zero-order valence-electron chi connectivity index (χ0n) is 11.9. The summed E-state index contributed by atoms with van der Waals surface area (Å²) in [6.45, 7) is 6.71. The monoisotopic (exact) mass is 252 g/mol. The quantitative estimate of drug-likeness (QED) is 0.649. The highest BCUT2D eigenvalue weighted by Crippen LogP contribution is 2.36. The van der Waals surface area contributed by atoms with Crippen LogP contribution in [0.2, 0.25) is 0 Å². The topological polar surface area (TPSA) is 9.23 Å². The Hall–Kier alpha value is -1.76. The standard InChI is InChI=1S/C18H20O/c1-18(2,3)15-11-10-14-9-8-13-6-4-5-7-16(13)19-17(14)12-15/h4-7,10-12H,8-9H2,1-3H3. The minimum Gasteiger partial charge on any atom is -0.457 e. The molecule has 2 aromatic carbocycles. The van der Waals surface area contributed by atoms with Crippen molar-refractivity contribution in [1.29, 1.82) is 0 Å². The molecule has 1 nitrogen and oxygen atoms in total. The zero-order chi connectivity index (χ0) is 13.5. The van der Waals surface area contributed by atoms with Crippen molar-refractivity contribution in [2.75, 3.05) is 0 Å². The Morgan fingerprint density at radius 3 is 2.26 bits per heavy atom. The second-order valence-electron chi connectivity index (χ2n) is 6.28. The number of rotatable bonds is 0. The summed E-state index contributed by atoms with van der Waals surface area (Å²) in [5.41, 5.74) is 4.09. The predicted molar refractivity (Wildman–Crippen MR) is 79.1 cm³/mol. The first-order chi connectivity index (χ1) is 9.04. The van der Waals surface area contributed by atoms with Crippen LogP contribution in [0.4, 0.5) is 0 Å². The Balaban J connectivity index is 2.05. The Morgan fingerprint density at radius 2 is 1.53 bits per heavy atom. The van der Waals surface area contributed by atoms with E-state index in [1.165, 1.54) is 16.7 Å². The lowest BCUT2D eigenvalue weighted by Gasteiger charge is -2.20. The van der Waals surface area contributed by atoms with Crippen molar-refractivity contribution in [1.82, 2.24) is 0 Å². The van der Waals surface area contributed by atoms with Gasteiger partial charge < -0.3 is 4.74 Å². The second-order valence-corrected chi connectivity index (χ2v) is 6.28. The first-order valence-corrected chi connectivity index (χ1v) is 6.93. The maximum Gasteiger partial charge on any atom is 0.130 e. The number of fused-ring (bicyclic) bond motifs is 2. The first kappa shape index (κ1) is 12.3. The number of hydrogen-bond acceptors (Lipinski definition) is 1. The molecule has 1 aliphatic rings. The van der Waals surface area contributed by atoms with Crippen molar-refractivity contribution in [3.05, 3.63) is 59.2 Å². The van der Waals surface area contributed by atoms with Gasteiger partial charge in [0.2, 0.25) is 0 Å². The van der Waals surface area contributed by atoms with Gasteiger partial charge in [0.05, 0.1) is 0 Å². The van der Waals surface area contributed by atoms with Crippen LogP contribution in [-0.4, -0.2) is 0 Å². The van der Waals surface area contributed by atoms with Crippen LogP contribution in [0.3, 0.4) is 0 Å². The summed E-state index contributed by atoms with van der Waals surface area (Å²) in [7, 11) is 0. The van der Waals surface area contributed by atoms with E-state index < -0.39 is 0 Å². The Labute approximate surface area is 115 Å². The molecule has 0 aromatic heterocycles. The molecule has 0 unspecified atom stereocenters. The molecule has 0 fully saturated rings. The molecule has 1 heterocycles. The smallest absolute Gasteiger partial charge is 0.130 e. The van der Waals surface area contributed by atoms with Crippen molar-refractivity contribution in [3.63, 3.8) is 0 Å². The summed E-state index contributed by atoms with van der Waals surface area (Å²) in [6, 6.07) is 15.0. The summed E-state index contributed by atoms with van der Waals surface area (Å²) in [6.07, 6.45) is 2.11. The van der Waals surface area contributed by atoms with Crippen LogP contribution in [0, 0.1) is 0 Å². The van der Waals surface area contributed by atoms with Crippen molar-refractivity contribution in [2.45, 2.75) is 39.0 Å². The summed E-state index contributed by atoms with van der Waals surface area (Å²) >= 11 is 0. The third-order valence-corrected chi connectivity index (χ3v) is 3.79. The predicted octanol–water partition coefficient (Wildman–Crippen LogP) is 4.88. The molecule has 98 valence electrons. The molecule has 0 N–H and O–H groups in total. The molecule has 0 saturated carbocycles. The molecule has 19 heavy (non-hydrogen) atoms. The SMILES string of the molecule is CC(C)(C)c1ccc2c(c1)Oc1ccccc1CC2. The Bertz CT molecular complexity index is 605. The van der Waals surface area contributed by atoms with Gasteiger partial charge >= 0.3 is 0 Å². The minimum absolute atomic E-state index is 0.157. The normalized spacial score (nSPS) is 14.1. The zero-order valence-corrected chi connectivity index (χ0v) is 11.9. The first-order valence-electron chi connectivity index (χ1n) is 6.93. The average Bonchev–Trinajstić information content (AvgIpc) is 2.55. The van der Waals surface area contributed by atoms with Gasteiger partial charge in [0.15, 0.2) is 0 Å². The van der Waals surface area contributed by atoms with Gasteiger partial charge in [-0.25, -0.2) is 0 Å². The fourth-order valence-electron chi connectivity index (χ4n) is 2.52. The molecule has 0 amide bonds. The molecular weight excluding hydrogens is 232 g/mol. The van der Waals surface area contributed by atoms with Gasteiger partial charge in [0.25, 0.3) is 0 Å². The maximum absolute atomic E-state index is 6.14. The van der Waals surface area contributed by atoms with Crippen molar-refractivity contribution >= 4 is 0 Å². The van der Waals surface area contributed by atoms with Crippen LogP contribution in [0.25, 0.3) is 0 Å². The van der Waals surface area contributed by atoms with Gasteiger partial charge in [-0.3, -0.25) is 0 Å². The number of aryl methyl sites for hydroxylation is 2. The molecule has 0 saturated heterocycles. The van der Waals surface area contributed by atoms with Gasteiger partial charge in [-0.15, -0.1) is 0 Å². The lowest BCUT2D eigenvalue weighted by molar-refractivity contribution is 0.475. The van der Waals surface area contributed by atoms with Crippen LogP contribution in [0.5, 0.6) is 11.5 Å². The fraction of sp³-hybridized carbons (Fsp3) is 0.333. The van der Waals surface area contributed by atoms with Crippen LogP contribution >= 0.6 is 0 Å². The van der Waals surface area contributed by atoms with Gasteiger partial charge in [-0.2, -0.15) is 0 Å². The third-order valence-electron chi connectivity index (χ3n) is 3.79. The highest BCUT2D eigenvalue weighted by molar-refractivity contribution is 5.47. The van der Waals surface area contributed by atoms with E-state index in [0.29, 0.717) is 0 Å². The van der Waals surface area contributed by atoms with Crippen LogP contribution in [-0.2, 0) is 18.3 Å². The van der Waals surface area contributed by atoms with E-state index in [9.17, 15) is 0 Å². The molecule has 1 heteroatoms. The minimum atomic E-state index is 0.157. The van der Waals surface area contributed by atoms with Gasteiger partial charge in [0.1, 0.15) is 11.5 Å². The van der Waals surface area contributed by atoms with E-state index in [1.807, 2.05) is 6.07 Å². The lowest BCUT2D eigenvalue weighted by Crippen LogP contribution is -2.11. The highest BCUT2D eigenvalue weighted by Gasteiger charge is 2.19. The number of ether oxygens (including phenoxy) is 1. The summed E-state index contributed by atoms with van der Waals surface area (Å²) in [5, 5.41) is 0. The van der Waals surface area contributed by atoms with Crippen LogP contribution in [0.15, 0.2) is 42.5 Å². The third kappa shape index (κ3) is 2.37. The largest absolute Gasteiger partial charge is 0.457 e. The maximum atomic E-state index is 6.14.